The van der Waals surface area contributed by atoms with Gasteiger partial charge in [0.05, 0.1) is 19.9 Å². The molecule has 1 N–H and O–H groups in total. The fourth-order valence-corrected chi connectivity index (χ4v) is 2.92. The van der Waals surface area contributed by atoms with Crippen LogP contribution >= 0.6 is 0 Å². The molecule has 0 aromatic heterocycles. The predicted octanol–water partition coefficient (Wildman–Crippen LogP) is 5.04. The molecule has 0 saturated carbocycles. The summed E-state index contributed by atoms with van der Waals surface area (Å²) >= 11 is 0. The van der Waals surface area contributed by atoms with Crippen LogP contribution in [-0.2, 0) is 0 Å². The summed E-state index contributed by atoms with van der Waals surface area (Å²) in [6.45, 7) is 4.98. The van der Waals surface area contributed by atoms with Crippen molar-refractivity contribution in [3.63, 3.8) is 0 Å². The first-order valence-corrected chi connectivity index (χ1v) is 9.70. The molecule has 0 spiro atoms. The minimum atomic E-state index is -0.283. The number of carbonyl (C=O) groups is 1. The summed E-state index contributed by atoms with van der Waals surface area (Å²) in [5, 5.41) is 6.22. The molecule has 3 aromatic rings. The minimum absolute atomic E-state index is 0.283. The lowest BCUT2D eigenvalue weighted by atomic mass is 10.0. The summed E-state index contributed by atoms with van der Waals surface area (Å²) in [7, 11) is 1.62. The summed E-state index contributed by atoms with van der Waals surface area (Å²) < 4.78 is 11.1. The van der Waals surface area contributed by atoms with Crippen LogP contribution < -0.4 is 14.9 Å². The average Bonchev–Trinajstić information content (AvgIpc) is 2.74. The Labute approximate surface area is 171 Å². The van der Waals surface area contributed by atoms with E-state index in [4.69, 9.17) is 9.47 Å². The second kappa shape index (κ2) is 9.73. The molecule has 0 unspecified atom stereocenters. The van der Waals surface area contributed by atoms with E-state index < -0.39 is 0 Å². The third kappa shape index (κ3) is 5.35. The van der Waals surface area contributed by atoms with Gasteiger partial charge in [0.2, 0.25) is 0 Å². The summed E-state index contributed by atoms with van der Waals surface area (Å²) in [5.41, 5.74) is 3.91. The van der Waals surface area contributed by atoms with E-state index in [1.807, 2.05) is 36.4 Å². The lowest BCUT2D eigenvalue weighted by Crippen LogP contribution is -2.17. The van der Waals surface area contributed by atoms with Crippen molar-refractivity contribution < 1.29 is 14.3 Å². The Kier molecular flexibility index (Phi) is 6.85. The summed E-state index contributed by atoms with van der Waals surface area (Å²) in [6.07, 6.45) is 2.61. The molecule has 0 radical (unpaired) electrons. The molecule has 0 saturated heterocycles. The van der Waals surface area contributed by atoms with Crippen LogP contribution in [-0.4, -0.2) is 25.8 Å². The second-order valence-electron chi connectivity index (χ2n) is 7.16. The van der Waals surface area contributed by atoms with Gasteiger partial charge in [0.15, 0.2) is 0 Å². The second-order valence-corrected chi connectivity index (χ2v) is 7.16. The third-order valence-corrected chi connectivity index (χ3v) is 4.59. The Balaban J connectivity index is 1.66. The number of fused-ring (bicyclic) bond motifs is 1. The van der Waals surface area contributed by atoms with Crippen molar-refractivity contribution in [2.24, 2.45) is 11.0 Å². The maximum absolute atomic E-state index is 12.4. The van der Waals surface area contributed by atoms with Crippen molar-refractivity contribution in [2.75, 3.05) is 13.7 Å². The Morgan fingerprint density at radius 1 is 1.07 bits per heavy atom. The zero-order valence-electron chi connectivity index (χ0n) is 17.0. The van der Waals surface area contributed by atoms with E-state index >= 15 is 0 Å². The van der Waals surface area contributed by atoms with Crippen molar-refractivity contribution in [1.29, 1.82) is 0 Å². The van der Waals surface area contributed by atoms with E-state index in [1.54, 1.807) is 37.6 Å². The SMILES string of the molecule is COc1ccc2ccccc2c1C=NNC(=O)c1ccc(OCCC(C)C)cc1. The molecule has 0 aliphatic carbocycles. The minimum Gasteiger partial charge on any atom is -0.496 e. The normalized spacial score (nSPS) is 11.2. The number of rotatable bonds is 8. The van der Waals surface area contributed by atoms with Gasteiger partial charge in [-0.3, -0.25) is 4.79 Å². The molecule has 0 aliphatic rings. The first kappa shape index (κ1) is 20.4. The molecular weight excluding hydrogens is 364 g/mol. The number of methoxy groups -OCH3 is 1. The molecule has 29 heavy (non-hydrogen) atoms. The quantitative estimate of drug-likeness (QED) is 0.433. The summed E-state index contributed by atoms with van der Waals surface area (Å²) in [6, 6.07) is 18.9. The molecule has 3 aromatic carbocycles. The molecule has 1 amide bonds. The number of carbonyl (C=O) groups excluding carboxylic acids is 1. The van der Waals surface area contributed by atoms with Gasteiger partial charge < -0.3 is 9.47 Å². The van der Waals surface area contributed by atoms with Gasteiger partial charge in [0.25, 0.3) is 5.91 Å². The number of hydrazone groups is 1. The molecular formula is C24H26N2O3. The molecule has 0 heterocycles. The highest BCUT2D eigenvalue weighted by molar-refractivity contribution is 6.03. The summed E-state index contributed by atoms with van der Waals surface area (Å²) in [5.74, 6) is 1.77. The number of ether oxygens (including phenoxy) is 2. The van der Waals surface area contributed by atoms with Crippen LogP contribution in [0, 0.1) is 5.92 Å². The molecule has 0 bridgehead atoms. The number of hydrogen-bond acceptors (Lipinski definition) is 4. The predicted molar refractivity (Wildman–Crippen MR) is 117 cm³/mol. The van der Waals surface area contributed by atoms with Gasteiger partial charge in [-0.2, -0.15) is 5.10 Å². The first-order chi connectivity index (χ1) is 14.1. The Morgan fingerprint density at radius 2 is 1.83 bits per heavy atom. The van der Waals surface area contributed by atoms with Gasteiger partial charge in [0.1, 0.15) is 11.5 Å². The topological polar surface area (TPSA) is 59.9 Å². The largest absolute Gasteiger partial charge is 0.496 e. The van der Waals surface area contributed by atoms with Crippen molar-refractivity contribution in [3.05, 3.63) is 71.8 Å². The number of benzene rings is 3. The standard InChI is InChI=1S/C24H26N2O3/c1-17(2)14-15-29-20-11-8-19(9-12-20)24(27)26-25-16-22-21-7-5-4-6-18(21)10-13-23(22)28-3/h4-13,16-17H,14-15H2,1-3H3,(H,26,27). The van der Waals surface area contributed by atoms with Crippen LogP contribution in [0.5, 0.6) is 11.5 Å². The number of nitrogens with zero attached hydrogens (tertiary/aromatic N) is 1. The van der Waals surface area contributed by atoms with E-state index in [-0.39, 0.29) is 5.91 Å². The van der Waals surface area contributed by atoms with Gasteiger partial charge in [-0.25, -0.2) is 5.43 Å². The number of hydrogen-bond donors (Lipinski definition) is 1. The molecule has 3 rings (SSSR count). The highest BCUT2D eigenvalue weighted by Crippen LogP contribution is 2.26. The van der Waals surface area contributed by atoms with Gasteiger partial charge in [-0.05, 0) is 53.4 Å². The van der Waals surface area contributed by atoms with Crippen molar-refractivity contribution >= 4 is 22.9 Å². The van der Waals surface area contributed by atoms with Crippen molar-refractivity contribution in [1.82, 2.24) is 5.43 Å². The Hall–Kier alpha value is -3.34. The van der Waals surface area contributed by atoms with Crippen LogP contribution in [0.3, 0.4) is 0 Å². The first-order valence-electron chi connectivity index (χ1n) is 9.70. The third-order valence-electron chi connectivity index (χ3n) is 4.59. The number of nitrogens with one attached hydrogen (secondary N) is 1. The fraction of sp³-hybridized carbons (Fsp3) is 0.250. The van der Waals surface area contributed by atoms with Crippen LogP contribution in [0.1, 0.15) is 36.2 Å². The van der Waals surface area contributed by atoms with E-state index in [2.05, 4.69) is 24.4 Å². The Morgan fingerprint density at radius 3 is 2.55 bits per heavy atom. The van der Waals surface area contributed by atoms with Crippen LogP contribution in [0.2, 0.25) is 0 Å². The number of amides is 1. The highest BCUT2D eigenvalue weighted by Gasteiger charge is 2.08. The molecule has 0 fully saturated rings. The molecule has 5 heteroatoms. The van der Waals surface area contributed by atoms with Gasteiger partial charge in [0, 0.05) is 11.1 Å². The lowest BCUT2D eigenvalue weighted by Gasteiger charge is -2.09. The monoisotopic (exact) mass is 390 g/mol. The van der Waals surface area contributed by atoms with Crippen LogP contribution in [0.25, 0.3) is 10.8 Å². The summed E-state index contributed by atoms with van der Waals surface area (Å²) in [4.78, 5) is 12.4. The van der Waals surface area contributed by atoms with E-state index in [1.165, 1.54) is 0 Å². The molecule has 5 nitrogen and oxygen atoms in total. The average molecular weight is 390 g/mol. The van der Waals surface area contributed by atoms with Gasteiger partial charge in [-0.1, -0.05) is 44.2 Å². The zero-order chi connectivity index (χ0) is 20.6. The molecule has 150 valence electrons. The smallest absolute Gasteiger partial charge is 0.271 e. The maximum Gasteiger partial charge on any atom is 0.271 e. The van der Waals surface area contributed by atoms with E-state index in [0.29, 0.717) is 23.8 Å². The maximum atomic E-state index is 12.4. The lowest BCUT2D eigenvalue weighted by molar-refractivity contribution is 0.0955. The van der Waals surface area contributed by atoms with Crippen molar-refractivity contribution in [3.8, 4) is 11.5 Å². The van der Waals surface area contributed by atoms with E-state index in [9.17, 15) is 4.79 Å². The Bertz CT molecular complexity index is 995. The fourth-order valence-electron chi connectivity index (χ4n) is 2.92. The molecule has 0 aliphatic heterocycles. The van der Waals surface area contributed by atoms with Gasteiger partial charge >= 0.3 is 0 Å². The zero-order valence-corrected chi connectivity index (χ0v) is 17.0. The van der Waals surface area contributed by atoms with Crippen LogP contribution in [0.4, 0.5) is 0 Å². The van der Waals surface area contributed by atoms with Crippen LogP contribution in [0.15, 0.2) is 65.8 Å². The van der Waals surface area contributed by atoms with Crippen molar-refractivity contribution in [2.45, 2.75) is 20.3 Å². The molecule has 0 atom stereocenters. The highest BCUT2D eigenvalue weighted by atomic mass is 16.5. The van der Waals surface area contributed by atoms with Gasteiger partial charge in [-0.15, -0.1) is 0 Å². The van der Waals surface area contributed by atoms with E-state index in [0.717, 1.165) is 28.5 Å².